The van der Waals surface area contributed by atoms with Crippen molar-refractivity contribution in [1.29, 1.82) is 0 Å². The normalized spacial score (nSPS) is 8.60. The van der Waals surface area contributed by atoms with Gasteiger partial charge in [-0.1, -0.05) is 25.4 Å². The van der Waals surface area contributed by atoms with E-state index in [9.17, 15) is 9.18 Å². The molecule has 0 fully saturated rings. The highest BCUT2D eigenvalue weighted by molar-refractivity contribution is 6.31. The van der Waals surface area contributed by atoms with Gasteiger partial charge < -0.3 is 10.6 Å². The lowest BCUT2D eigenvalue weighted by Gasteiger charge is -2.04. The van der Waals surface area contributed by atoms with E-state index in [0.717, 1.165) is 0 Å². The van der Waals surface area contributed by atoms with E-state index in [0.29, 0.717) is 5.69 Å². The van der Waals surface area contributed by atoms with Gasteiger partial charge in [-0.2, -0.15) is 0 Å². The number of nitrogens with one attached hydrogen (secondary N) is 2. The van der Waals surface area contributed by atoms with Gasteiger partial charge in [0.1, 0.15) is 5.82 Å². The molecule has 0 bridgehead atoms. The molecule has 0 aromatic heterocycles. The summed E-state index contributed by atoms with van der Waals surface area (Å²) in [6, 6.07) is 3.58. The topological polar surface area (TPSA) is 41.1 Å². The molecule has 15 heavy (non-hydrogen) atoms. The molecule has 0 radical (unpaired) electrons. The van der Waals surface area contributed by atoms with Crippen LogP contribution in [0.3, 0.4) is 0 Å². The Morgan fingerprint density at radius 2 is 2.00 bits per heavy atom. The van der Waals surface area contributed by atoms with E-state index in [1.807, 2.05) is 13.8 Å². The molecule has 2 N–H and O–H groups in total. The number of rotatable bonds is 1. The molecule has 5 heteroatoms. The van der Waals surface area contributed by atoms with Gasteiger partial charge in [0.25, 0.3) is 0 Å². The van der Waals surface area contributed by atoms with E-state index >= 15 is 0 Å². The zero-order valence-corrected chi connectivity index (χ0v) is 9.65. The molecule has 0 spiro atoms. The molecule has 84 valence electrons. The summed E-state index contributed by atoms with van der Waals surface area (Å²) in [5, 5.41) is 4.80. The summed E-state index contributed by atoms with van der Waals surface area (Å²) in [5.74, 6) is -0.510. The molecule has 1 aromatic rings. The highest BCUT2D eigenvalue weighted by Crippen LogP contribution is 2.18. The standard InChI is InChI=1S/C8H8ClFN2O.C2H6/c1-11-8(13)12-5-2-3-7(10)6(9)4-5;1-2/h2-4H,1H3,(H2,11,12,13);1-2H3. The van der Waals surface area contributed by atoms with E-state index in [2.05, 4.69) is 10.6 Å². The first-order valence-corrected chi connectivity index (χ1v) is 4.95. The second kappa shape index (κ2) is 7.06. The Bertz CT molecular complexity index is 331. The summed E-state index contributed by atoms with van der Waals surface area (Å²) in [7, 11) is 1.49. The van der Waals surface area contributed by atoms with Crippen LogP contribution in [-0.2, 0) is 0 Å². The largest absolute Gasteiger partial charge is 0.341 e. The summed E-state index contributed by atoms with van der Waals surface area (Å²) in [4.78, 5) is 10.8. The lowest BCUT2D eigenvalue weighted by atomic mass is 10.3. The fourth-order valence-corrected chi connectivity index (χ4v) is 0.948. The molecule has 0 saturated carbocycles. The van der Waals surface area contributed by atoms with Crippen molar-refractivity contribution in [1.82, 2.24) is 5.32 Å². The quantitative estimate of drug-likeness (QED) is 0.767. The first kappa shape index (κ1) is 13.7. The number of urea groups is 1. The van der Waals surface area contributed by atoms with Crippen LogP contribution in [0.1, 0.15) is 13.8 Å². The number of amides is 2. The summed E-state index contributed by atoms with van der Waals surface area (Å²) in [5.41, 5.74) is 0.450. The minimum absolute atomic E-state index is 0.0195. The predicted octanol–water partition coefficient (Wildman–Crippen LogP) is 3.26. The van der Waals surface area contributed by atoms with Gasteiger partial charge in [-0.3, -0.25) is 0 Å². The van der Waals surface area contributed by atoms with Crippen molar-refractivity contribution in [2.24, 2.45) is 0 Å². The predicted molar refractivity (Wildman–Crippen MR) is 60.8 cm³/mol. The van der Waals surface area contributed by atoms with E-state index in [-0.39, 0.29) is 11.1 Å². The van der Waals surface area contributed by atoms with Crippen molar-refractivity contribution in [2.45, 2.75) is 13.8 Å². The van der Waals surface area contributed by atoms with Crippen LogP contribution in [0.25, 0.3) is 0 Å². The van der Waals surface area contributed by atoms with E-state index in [4.69, 9.17) is 11.6 Å². The summed E-state index contributed by atoms with van der Waals surface area (Å²) in [6.45, 7) is 4.00. The lowest BCUT2D eigenvalue weighted by molar-refractivity contribution is 0.254. The number of carbonyl (C=O) groups is 1. The highest BCUT2D eigenvalue weighted by atomic mass is 35.5. The van der Waals surface area contributed by atoms with Crippen molar-refractivity contribution in [3.63, 3.8) is 0 Å². The van der Waals surface area contributed by atoms with Crippen LogP contribution >= 0.6 is 11.6 Å². The minimum atomic E-state index is -0.510. The van der Waals surface area contributed by atoms with Gasteiger partial charge in [-0.25, -0.2) is 9.18 Å². The van der Waals surface area contributed by atoms with Crippen LogP contribution in [0.15, 0.2) is 18.2 Å². The fourth-order valence-electron chi connectivity index (χ4n) is 0.767. The van der Waals surface area contributed by atoms with E-state index < -0.39 is 5.82 Å². The van der Waals surface area contributed by atoms with Crippen molar-refractivity contribution in [2.75, 3.05) is 12.4 Å². The Morgan fingerprint density at radius 1 is 1.40 bits per heavy atom. The van der Waals surface area contributed by atoms with Gasteiger partial charge in [0.2, 0.25) is 0 Å². The van der Waals surface area contributed by atoms with Crippen LogP contribution < -0.4 is 10.6 Å². The number of carbonyl (C=O) groups excluding carboxylic acids is 1. The molecule has 0 atom stereocenters. The first-order valence-electron chi connectivity index (χ1n) is 4.57. The number of benzene rings is 1. The molecule has 0 unspecified atom stereocenters. The average Bonchev–Trinajstić information content (AvgIpc) is 2.26. The minimum Gasteiger partial charge on any atom is -0.341 e. The van der Waals surface area contributed by atoms with Crippen molar-refractivity contribution in [3.8, 4) is 0 Å². The third kappa shape index (κ3) is 4.65. The maximum absolute atomic E-state index is 12.7. The number of hydrogen-bond donors (Lipinski definition) is 2. The third-order valence-electron chi connectivity index (χ3n) is 1.40. The summed E-state index contributed by atoms with van der Waals surface area (Å²) >= 11 is 5.49. The Morgan fingerprint density at radius 3 is 2.47 bits per heavy atom. The monoisotopic (exact) mass is 232 g/mol. The van der Waals surface area contributed by atoms with Crippen LogP contribution in [0, 0.1) is 5.82 Å². The Kier molecular flexibility index (Phi) is 6.45. The Hall–Kier alpha value is -1.29. The molecule has 0 saturated heterocycles. The summed E-state index contributed by atoms with van der Waals surface area (Å²) in [6.07, 6.45) is 0. The second-order valence-corrected chi connectivity index (χ2v) is 2.74. The van der Waals surface area contributed by atoms with Crippen molar-refractivity contribution < 1.29 is 9.18 Å². The van der Waals surface area contributed by atoms with Crippen molar-refractivity contribution >= 4 is 23.3 Å². The number of halogens is 2. The molecule has 3 nitrogen and oxygen atoms in total. The Labute approximate surface area is 93.6 Å². The van der Waals surface area contributed by atoms with E-state index in [1.165, 1.54) is 25.2 Å². The third-order valence-corrected chi connectivity index (χ3v) is 1.69. The zero-order chi connectivity index (χ0) is 11.8. The van der Waals surface area contributed by atoms with Gasteiger partial charge in [0.15, 0.2) is 0 Å². The fraction of sp³-hybridized carbons (Fsp3) is 0.300. The van der Waals surface area contributed by atoms with Crippen LogP contribution in [0.4, 0.5) is 14.9 Å². The maximum Gasteiger partial charge on any atom is 0.318 e. The molecule has 1 aromatic carbocycles. The smallest absolute Gasteiger partial charge is 0.318 e. The maximum atomic E-state index is 12.7. The van der Waals surface area contributed by atoms with Gasteiger partial charge >= 0.3 is 6.03 Å². The van der Waals surface area contributed by atoms with Crippen molar-refractivity contribution in [3.05, 3.63) is 29.0 Å². The molecule has 0 aliphatic heterocycles. The molecule has 0 aliphatic rings. The summed E-state index contributed by atoms with van der Waals surface area (Å²) < 4.78 is 12.7. The van der Waals surface area contributed by atoms with Gasteiger partial charge in [-0.05, 0) is 18.2 Å². The second-order valence-electron chi connectivity index (χ2n) is 2.33. The zero-order valence-electron chi connectivity index (χ0n) is 8.90. The van der Waals surface area contributed by atoms with Gasteiger partial charge in [-0.15, -0.1) is 0 Å². The van der Waals surface area contributed by atoms with Gasteiger partial charge in [0.05, 0.1) is 5.02 Å². The first-order chi connectivity index (χ1) is 7.13. The molecule has 0 aliphatic carbocycles. The van der Waals surface area contributed by atoms with Crippen LogP contribution in [-0.4, -0.2) is 13.1 Å². The molecule has 0 heterocycles. The number of anilines is 1. The average molecular weight is 233 g/mol. The SMILES string of the molecule is CC.CNC(=O)Nc1ccc(F)c(Cl)c1. The van der Waals surface area contributed by atoms with Crippen LogP contribution in [0.2, 0.25) is 5.02 Å². The molecule has 1 rings (SSSR count). The molecule has 2 amide bonds. The highest BCUT2D eigenvalue weighted by Gasteiger charge is 2.02. The molecular weight excluding hydrogens is 219 g/mol. The Balaban J connectivity index is 0.000000921. The van der Waals surface area contributed by atoms with E-state index in [1.54, 1.807) is 0 Å². The van der Waals surface area contributed by atoms with Crippen LogP contribution in [0.5, 0.6) is 0 Å². The molecular formula is C10H14ClFN2O. The van der Waals surface area contributed by atoms with Gasteiger partial charge in [0, 0.05) is 12.7 Å². The lowest BCUT2D eigenvalue weighted by Crippen LogP contribution is -2.24. The number of hydrogen-bond acceptors (Lipinski definition) is 1.